The van der Waals surface area contributed by atoms with E-state index in [1.54, 1.807) is 12.3 Å². The normalized spacial score (nSPS) is 21.8. The lowest BCUT2D eigenvalue weighted by molar-refractivity contribution is 0.141. The Labute approximate surface area is 81.6 Å². The topological polar surface area (TPSA) is 31.4 Å². The third-order valence-corrected chi connectivity index (χ3v) is 2.11. The van der Waals surface area contributed by atoms with E-state index < -0.39 is 0 Å². The van der Waals surface area contributed by atoms with Crippen LogP contribution in [0.1, 0.15) is 6.42 Å². The summed E-state index contributed by atoms with van der Waals surface area (Å²) in [5.74, 6) is 0.750. The number of hydrogen-bond acceptors (Lipinski definition) is 3. The van der Waals surface area contributed by atoms with Crippen LogP contribution in [-0.4, -0.2) is 24.3 Å². The molecule has 0 aromatic carbocycles. The number of nitrogens with zero attached hydrogens (tertiary/aromatic N) is 1. The fraction of sp³-hybridized carbons (Fsp3) is 0.444. The van der Waals surface area contributed by atoms with Crippen molar-refractivity contribution in [1.29, 1.82) is 0 Å². The van der Waals surface area contributed by atoms with Crippen molar-refractivity contribution in [2.24, 2.45) is 0 Å². The van der Waals surface area contributed by atoms with E-state index in [1.807, 2.05) is 6.07 Å². The van der Waals surface area contributed by atoms with Gasteiger partial charge in [-0.2, -0.15) is 0 Å². The lowest BCUT2D eigenvalue weighted by Gasteiger charge is -2.10. The van der Waals surface area contributed by atoms with E-state index in [9.17, 15) is 0 Å². The summed E-state index contributed by atoms with van der Waals surface area (Å²) in [6.07, 6.45) is 2.74. The molecule has 70 valence electrons. The van der Waals surface area contributed by atoms with Crippen molar-refractivity contribution in [1.82, 2.24) is 4.98 Å². The molecule has 0 N–H and O–H groups in total. The smallest absolute Gasteiger partial charge is 0.138 e. The predicted octanol–water partition coefficient (Wildman–Crippen LogP) is 1.90. The van der Waals surface area contributed by atoms with Crippen LogP contribution in [0.5, 0.6) is 5.75 Å². The molecule has 0 unspecified atom stereocenters. The van der Waals surface area contributed by atoms with Crippen molar-refractivity contribution < 1.29 is 9.47 Å². The van der Waals surface area contributed by atoms with Crippen LogP contribution < -0.4 is 4.74 Å². The van der Waals surface area contributed by atoms with Crippen molar-refractivity contribution >= 4 is 11.6 Å². The first-order chi connectivity index (χ1) is 6.34. The summed E-state index contributed by atoms with van der Waals surface area (Å²) < 4.78 is 10.8. The molecule has 0 aliphatic carbocycles. The number of aromatic nitrogens is 1. The summed E-state index contributed by atoms with van der Waals surface area (Å²) in [7, 11) is 0. The highest BCUT2D eigenvalue weighted by Gasteiger charge is 2.16. The van der Waals surface area contributed by atoms with E-state index >= 15 is 0 Å². The monoisotopic (exact) mass is 199 g/mol. The second-order valence-electron chi connectivity index (χ2n) is 2.92. The van der Waals surface area contributed by atoms with Crippen LogP contribution >= 0.6 is 11.6 Å². The van der Waals surface area contributed by atoms with Gasteiger partial charge in [-0.05, 0) is 12.1 Å². The minimum absolute atomic E-state index is 0.169. The molecule has 0 radical (unpaired) electrons. The SMILES string of the molecule is Clc1ccc(O[C@@H]2CCOC2)cn1. The molecule has 4 heteroatoms. The maximum absolute atomic E-state index is 5.64. The molecule has 0 saturated carbocycles. The molecule has 1 aliphatic heterocycles. The van der Waals surface area contributed by atoms with E-state index in [0.717, 1.165) is 18.8 Å². The molecule has 1 aromatic rings. The molecule has 0 bridgehead atoms. The molecule has 1 aromatic heterocycles. The third kappa shape index (κ3) is 2.32. The van der Waals surface area contributed by atoms with Gasteiger partial charge < -0.3 is 9.47 Å². The van der Waals surface area contributed by atoms with Crippen LogP contribution in [0.4, 0.5) is 0 Å². The highest BCUT2D eigenvalue weighted by Crippen LogP contribution is 2.17. The standard InChI is InChI=1S/C9H10ClNO2/c10-9-2-1-7(5-11-9)13-8-3-4-12-6-8/h1-2,5,8H,3-4,6H2/t8-/m1/s1. The van der Waals surface area contributed by atoms with Gasteiger partial charge in [-0.3, -0.25) is 0 Å². The molecule has 3 nitrogen and oxygen atoms in total. The molecule has 1 saturated heterocycles. The lowest BCUT2D eigenvalue weighted by atomic mass is 10.3. The summed E-state index contributed by atoms with van der Waals surface area (Å²) in [4.78, 5) is 3.92. The number of ether oxygens (including phenoxy) is 2. The van der Waals surface area contributed by atoms with Crippen molar-refractivity contribution in [3.8, 4) is 5.75 Å². The van der Waals surface area contributed by atoms with Gasteiger partial charge in [0.25, 0.3) is 0 Å². The van der Waals surface area contributed by atoms with Crippen molar-refractivity contribution in [2.45, 2.75) is 12.5 Å². The van der Waals surface area contributed by atoms with Crippen molar-refractivity contribution in [3.63, 3.8) is 0 Å². The maximum atomic E-state index is 5.64. The van der Waals surface area contributed by atoms with Gasteiger partial charge in [0, 0.05) is 6.42 Å². The Morgan fingerprint density at radius 2 is 2.46 bits per heavy atom. The van der Waals surface area contributed by atoms with Crippen LogP contribution in [0.2, 0.25) is 5.15 Å². The zero-order chi connectivity index (χ0) is 9.10. The van der Waals surface area contributed by atoms with Gasteiger partial charge in [-0.1, -0.05) is 11.6 Å². The van der Waals surface area contributed by atoms with E-state index in [-0.39, 0.29) is 6.10 Å². The largest absolute Gasteiger partial charge is 0.486 e. The molecule has 2 heterocycles. The summed E-state index contributed by atoms with van der Waals surface area (Å²) in [5, 5.41) is 0.482. The van der Waals surface area contributed by atoms with E-state index in [0.29, 0.717) is 11.8 Å². The number of pyridine rings is 1. The Kier molecular flexibility index (Phi) is 2.66. The summed E-state index contributed by atoms with van der Waals surface area (Å²) in [6, 6.07) is 3.53. The Morgan fingerprint density at radius 1 is 1.54 bits per heavy atom. The minimum Gasteiger partial charge on any atom is -0.486 e. The van der Waals surface area contributed by atoms with Crippen molar-refractivity contribution in [3.05, 3.63) is 23.5 Å². The zero-order valence-electron chi connectivity index (χ0n) is 7.07. The van der Waals surface area contributed by atoms with Gasteiger partial charge in [-0.15, -0.1) is 0 Å². The van der Waals surface area contributed by atoms with Crippen LogP contribution in [0.15, 0.2) is 18.3 Å². The molecular formula is C9H10ClNO2. The molecule has 1 aliphatic rings. The Hall–Kier alpha value is -0.800. The predicted molar refractivity (Wildman–Crippen MR) is 49.1 cm³/mol. The fourth-order valence-electron chi connectivity index (χ4n) is 1.23. The van der Waals surface area contributed by atoms with Gasteiger partial charge in [0.1, 0.15) is 17.0 Å². The second-order valence-corrected chi connectivity index (χ2v) is 3.31. The average Bonchev–Trinajstić information content (AvgIpc) is 2.62. The van der Waals surface area contributed by atoms with Gasteiger partial charge >= 0.3 is 0 Å². The number of rotatable bonds is 2. The summed E-state index contributed by atoms with van der Waals surface area (Å²) in [6.45, 7) is 1.45. The maximum Gasteiger partial charge on any atom is 0.138 e. The third-order valence-electron chi connectivity index (χ3n) is 1.89. The van der Waals surface area contributed by atoms with E-state index in [2.05, 4.69) is 4.98 Å². The molecule has 0 amide bonds. The fourth-order valence-corrected chi connectivity index (χ4v) is 1.34. The zero-order valence-corrected chi connectivity index (χ0v) is 7.83. The Bertz CT molecular complexity index is 269. The molecule has 0 spiro atoms. The van der Waals surface area contributed by atoms with Gasteiger partial charge in [0.15, 0.2) is 0 Å². The minimum atomic E-state index is 0.169. The van der Waals surface area contributed by atoms with Crippen molar-refractivity contribution in [2.75, 3.05) is 13.2 Å². The summed E-state index contributed by atoms with van der Waals surface area (Å²) >= 11 is 5.64. The molecule has 1 fully saturated rings. The highest BCUT2D eigenvalue weighted by atomic mass is 35.5. The van der Waals surface area contributed by atoms with Crippen LogP contribution in [0, 0.1) is 0 Å². The van der Waals surface area contributed by atoms with Gasteiger partial charge in [0.05, 0.1) is 19.4 Å². The number of halogens is 1. The quantitative estimate of drug-likeness (QED) is 0.682. The Balaban J connectivity index is 1.97. The molecule has 1 atom stereocenters. The summed E-state index contributed by atoms with van der Waals surface area (Å²) in [5.41, 5.74) is 0. The number of hydrogen-bond donors (Lipinski definition) is 0. The Morgan fingerprint density at radius 3 is 3.08 bits per heavy atom. The van der Waals surface area contributed by atoms with E-state index in [1.165, 1.54) is 0 Å². The highest BCUT2D eigenvalue weighted by molar-refractivity contribution is 6.29. The van der Waals surface area contributed by atoms with E-state index in [4.69, 9.17) is 21.1 Å². The van der Waals surface area contributed by atoms with Gasteiger partial charge in [0.2, 0.25) is 0 Å². The first-order valence-corrected chi connectivity index (χ1v) is 4.58. The van der Waals surface area contributed by atoms with Crippen LogP contribution in [0.3, 0.4) is 0 Å². The second kappa shape index (κ2) is 3.94. The first kappa shape index (κ1) is 8.78. The molecule has 13 heavy (non-hydrogen) atoms. The molecule has 2 rings (SSSR count). The first-order valence-electron chi connectivity index (χ1n) is 4.20. The van der Waals surface area contributed by atoms with Crippen LogP contribution in [-0.2, 0) is 4.74 Å². The molecular weight excluding hydrogens is 190 g/mol. The van der Waals surface area contributed by atoms with Crippen LogP contribution in [0.25, 0.3) is 0 Å². The van der Waals surface area contributed by atoms with Gasteiger partial charge in [-0.25, -0.2) is 4.98 Å². The lowest BCUT2D eigenvalue weighted by Crippen LogP contribution is -2.15. The average molecular weight is 200 g/mol.